The van der Waals surface area contributed by atoms with E-state index < -0.39 is 17.5 Å². The highest BCUT2D eigenvalue weighted by molar-refractivity contribution is 5.77. The van der Waals surface area contributed by atoms with Gasteiger partial charge < -0.3 is 24.7 Å². The molecule has 1 rings (SSSR count). The number of esters is 1. The summed E-state index contributed by atoms with van der Waals surface area (Å²) < 4.78 is 20.6. The van der Waals surface area contributed by atoms with Gasteiger partial charge in [0.25, 0.3) is 0 Å². The number of carbonyl (C=O) groups excluding carboxylic acids is 2. The highest BCUT2D eigenvalue weighted by atomic mass is 16.7. The molecule has 0 saturated carbocycles. The number of rotatable bonds is 11. The van der Waals surface area contributed by atoms with Crippen molar-refractivity contribution in [2.24, 2.45) is 16.3 Å². The minimum atomic E-state index is -1.26. The van der Waals surface area contributed by atoms with Crippen molar-refractivity contribution >= 4 is 17.8 Å². The van der Waals surface area contributed by atoms with Crippen molar-refractivity contribution in [1.29, 1.82) is 0 Å². The lowest BCUT2D eigenvalue weighted by atomic mass is 9.93. The first-order valence-corrected chi connectivity index (χ1v) is 8.65. The maximum atomic E-state index is 12.5. The molecule has 1 aromatic carbocycles. The molecule has 0 spiro atoms. The Bertz CT molecular complexity index is 688. The summed E-state index contributed by atoms with van der Waals surface area (Å²) in [5.74, 6) is -0.0264. The van der Waals surface area contributed by atoms with Gasteiger partial charge in [0.2, 0.25) is 0 Å². The molecule has 1 aromatic rings. The number of benzene rings is 1. The van der Waals surface area contributed by atoms with E-state index in [1.165, 1.54) is 24.3 Å². The second-order valence-corrected chi connectivity index (χ2v) is 6.68. The normalized spacial score (nSPS) is 13.6. The number of hydrogen-bond acceptors (Lipinski definition) is 9. The number of nitrogens with zero attached hydrogens (tertiary/aromatic N) is 1. The molecule has 0 saturated heterocycles. The molecule has 2 unspecified atom stereocenters. The monoisotopic (exact) mass is 394 g/mol. The van der Waals surface area contributed by atoms with E-state index >= 15 is 0 Å². The molecule has 0 fully saturated rings. The van der Waals surface area contributed by atoms with Crippen LogP contribution in [0.4, 0.5) is 10.5 Å². The zero-order chi connectivity index (χ0) is 21.2. The quantitative estimate of drug-likeness (QED) is 0.262. The molecule has 0 aliphatic heterocycles. The summed E-state index contributed by atoms with van der Waals surface area (Å²) in [6.07, 6.45) is -0.519. The van der Waals surface area contributed by atoms with Crippen molar-refractivity contribution in [3.05, 3.63) is 41.5 Å². The first kappa shape index (κ1) is 23.1. The number of allylic oxidation sites excluding steroid dienone is 1. The van der Waals surface area contributed by atoms with Crippen molar-refractivity contribution in [2.75, 3.05) is 19.8 Å². The Morgan fingerprint density at radius 1 is 1.18 bits per heavy atom. The minimum Gasteiger partial charge on any atom is -0.498 e. The highest BCUT2D eigenvalue weighted by Gasteiger charge is 2.38. The van der Waals surface area contributed by atoms with Gasteiger partial charge in [-0.1, -0.05) is 6.58 Å². The molecule has 28 heavy (non-hydrogen) atoms. The van der Waals surface area contributed by atoms with E-state index in [-0.39, 0.29) is 37.3 Å². The van der Waals surface area contributed by atoms with Crippen LogP contribution >= 0.6 is 0 Å². The zero-order valence-electron chi connectivity index (χ0n) is 16.3. The van der Waals surface area contributed by atoms with Gasteiger partial charge in [-0.15, -0.1) is 4.91 Å². The zero-order valence-corrected chi connectivity index (χ0v) is 16.3. The van der Waals surface area contributed by atoms with Gasteiger partial charge in [0.05, 0.1) is 12.4 Å². The summed E-state index contributed by atoms with van der Waals surface area (Å²) in [4.78, 5) is 34.8. The van der Waals surface area contributed by atoms with Crippen LogP contribution in [0.5, 0.6) is 5.75 Å². The molecule has 9 heteroatoms. The lowest BCUT2D eigenvalue weighted by molar-refractivity contribution is -0.161. The van der Waals surface area contributed by atoms with Crippen LogP contribution in [0.2, 0.25) is 0 Å². The predicted octanol–water partition coefficient (Wildman–Crippen LogP) is 3.44. The molecule has 0 bridgehead atoms. The van der Waals surface area contributed by atoms with Gasteiger partial charge >= 0.3 is 12.1 Å². The number of ether oxygens (including phenoxy) is 4. The maximum Gasteiger partial charge on any atom is 0.513 e. The molecule has 0 aliphatic carbocycles. The third-order valence-corrected chi connectivity index (χ3v) is 3.59. The SMILES string of the molecule is C=C(C)OCC(C)(COC(=O)Oc1ccc(N=O)cc1)C(=O)OCCC(C)N. The Balaban J connectivity index is 2.67. The Hall–Kier alpha value is -2.94. The van der Waals surface area contributed by atoms with Crippen molar-refractivity contribution in [2.45, 2.75) is 33.2 Å². The minimum absolute atomic E-state index is 0.0909. The van der Waals surface area contributed by atoms with Crippen molar-refractivity contribution < 1.29 is 28.5 Å². The smallest absolute Gasteiger partial charge is 0.498 e. The molecule has 2 N–H and O–H groups in total. The van der Waals surface area contributed by atoms with Crippen LogP contribution in [0, 0.1) is 10.3 Å². The van der Waals surface area contributed by atoms with Crippen LogP contribution in [0.3, 0.4) is 0 Å². The standard InChI is InChI=1S/C19H26N2O7/c1-13(2)26-11-19(4,17(22)25-10-9-14(3)20)12-27-18(23)28-16-7-5-15(21-24)6-8-16/h5-8,14H,1,9-12,20H2,2-4H3. The molecular weight excluding hydrogens is 368 g/mol. The largest absolute Gasteiger partial charge is 0.513 e. The molecule has 0 heterocycles. The first-order chi connectivity index (χ1) is 13.2. The summed E-state index contributed by atoms with van der Waals surface area (Å²) in [7, 11) is 0. The van der Waals surface area contributed by atoms with E-state index in [0.29, 0.717) is 12.2 Å². The second-order valence-electron chi connectivity index (χ2n) is 6.68. The van der Waals surface area contributed by atoms with E-state index in [9.17, 15) is 14.5 Å². The predicted molar refractivity (Wildman–Crippen MR) is 102 cm³/mol. The van der Waals surface area contributed by atoms with Gasteiger partial charge in [-0.3, -0.25) is 4.79 Å². The summed E-state index contributed by atoms with van der Waals surface area (Å²) in [6, 6.07) is 5.44. The molecule has 0 amide bonds. The molecule has 0 aliphatic rings. The van der Waals surface area contributed by atoms with E-state index in [2.05, 4.69) is 11.8 Å². The third kappa shape index (κ3) is 8.17. The van der Waals surface area contributed by atoms with Crippen molar-refractivity contribution in [1.82, 2.24) is 0 Å². The molecular formula is C19H26N2O7. The Morgan fingerprint density at radius 3 is 2.32 bits per heavy atom. The Labute approximate surface area is 163 Å². The maximum absolute atomic E-state index is 12.5. The van der Waals surface area contributed by atoms with Crippen LogP contribution in [0.1, 0.15) is 27.2 Å². The summed E-state index contributed by atoms with van der Waals surface area (Å²) in [5.41, 5.74) is 4.57. The van der Waals surface area contributed by atoms with Gasteiger partial charge in [-0.2, -0.15) is 0 Å². The number of carbonyl (C=O) groups is 2. The second kappa shape index (κ2) is 11.0. The van der Waals surface area contributed by atoms with E-state index in [0.717, 1.165) is 0 Å². The van der Waals surface area contributed by atoms with Gasteiger partial charge in [0.15, 0.2) is 0 Å². The van der Waals surface area contributed by atoms with Crippen LogP contribution in [0.25, 0.3) is 0 Å². The summed E-state index contributed by atoms with van der Waals surface area (Å²) in [6.45, 7) is 8.31. The van der Waals surface area contributed by atoms with E-state index in [1.54, 1.807) is 20.8 Å². The lowest BCUT2D eigenvalue weighted by Crippen LogP contribution is -2.40. The Morgan fingerprint density at radius 2 is 1.79 bits per heavy atom. The van der Waals surface area contributed by atoms with Crippen molar-refractivity contribution in [3.63, 3.8) is 0 Å². The van der Waals surface area contributed by atoms with E-state index in [1.807, 2.05) is 0 Å². The molecule has 9 nitrogen and oxygen atoms in total. The number of nitrogens with two attached hydrogens (primary N) is 1. The van der Waals surface area contributed by atoms with Crippen LogP contribution < -0.4 is 10.5 Å². The highest BCUT2D eigenvalue weighted by Crippen LogP contribution is 2.23. The average Bonchev–Trinajstić information content (AvgIpc) is 2.65. The van der Waals surface area contributed by atoms with Gasteiger partial charge in [0, 0.05) is 6.04 Å². The average molecular weight is 394 g/mol. The topological polar surface area (TPSA) is 127 Å². The van der Waals surface area contributed by atoms with E-state index in [4.69, 9.17) is 24.7 Å². The fourth-order valence-electron chi connectivity index (χ4n) is 1.87. The number of hydrogen-bond donors (Lipinski definition) is 1. The summed E-state index contributed by atoms with van der Waals surface area (Å²) >= 11 is 0. The van der Waals surface area contributed by atoms with Gasteiger partial charge in [-0.25, -0.2) is 4.79 Å². The fourth-order valence-corrected chi connectivity index (χ4v) is 1.87. The lowest BCUT2D eigenvalue weighted by Gasteiger charge is -2.26. The fraction of sp³-hybridized carbons (Fsp3) is 0.474. The molecule has 2 atom stereocenters. The third-order valence-electron chi connectivity index (χ3n) is 3.59. The van der Waals surface area contributed by atoms with Gasteiger partial charge in [-0.05, 0) is 56.6 Å². The van der Waals surface area contributed by atoms with Crippen molar-refractivity contribution in [3.8, 4) is 5.75 Å². The first-order valence-electron chi connectivity index (χ1n) is 8.65. The van der Waals surface area contributed by atoms with Crippen LogP contribution in [-0.4, -0.2) is 38.0 Å². The van der Waals surface area contributed by atoms with Gasteiger partial charge in [0.1, 0.15) is 30.1 Å². The summed E-state index contributed by atoms with van der Waals surface area (Å²) in [5, 5.41) is 2.75. The van der Waals surface area contributed by atoms with Crippen LogP contribution in [0.15, 0.2) is 41.8 Å². The molecule has 154 valence electrons. The number of nitroso groups, excluding NO2 is 1. The van der Waals surface area contributed by atoms with Crippen LogP contribution in [-0.2, 0) is 19.0 Å². The Kier molecular flexibility index (Phi) is 9.10. The molecule has 0 aromatic heterocycles. The molecule has 0 radical (unpaired) electrons.